The minimum Gasteiger partial charge on any atom is -0.454 e. The number of benzene rings is 1. The maximum atomic E-state index is 12.8. The Kier molecular flexibility index (Phi) is 5.19. The number of ketones is 1. The number of thiophene rings is 1. The van der Waals surface area contributed by atoms with E-state index in [1.807, 2.05) is 11.4 Å². The molecule has 150 valence electrons. The number of nitriles is 1. The van der Waals surface area contributed by atoms with Crippen molar-refractivity contribution in [2.24, 2.45) is 0 Å². The molecule has 2 aromatic heterocycles. The Morgan fingerprint density at radius 3 is 2.90 bits per heavy atom. The summed E-state index contributed by atoms with van der Waals surface area (Å²) >= 11 is 2.98. The van der Waals surface area contributed by atoms with Gasteiger partial charge in [0.1, 0.15) is 11.1 Å². The van der Waals surface area contributed by atoms with Gasteiger partial charge in [-0.05, 0) is 60.9 Å². The van der Waals surface area contributed by atoms with Gasteiger partial charge in [0.25, 0.3) is 0 Å². The summed E-state index contributed by atoms with van der Waals surface area (Å²) in [6.45, 7) is 0.178. The monoisotopic (exact) mass is 434 g/mol. The molecule has 0 amide bonds. The lowest BCUT2D eigenvalue weighted by molar-refractivity contribution is 0.102. The number of aromatic nitrogens is 1. The Labute approximate surface area is 182 Å². The van der Waals surface area contributed by atoms with Gasteiger partial charge in [0.15, 0.2) is 17.3 Å². The van der Waals surface area contributed by atoms with Crippen LogP contribution in [0.15, 0.2) is 40.7 Å². The lowest BCUT2D eigenvalue weighted by Gasteiger charge is -2.21. The Morgan fingerprint density at radius 1 is 1.20 bits per heavy atom. The second-order valence-electron chi connectivity index (χ2n) is 7.17. The molecule has 5 nitrogen and oxygen atoms in total. The first-order valence-electron chi connectivity index (χ1n) is 9.80. The van der Waals surface area contributed by atoms with E-state index in [1.54, 1.807) is 29.5 Å². The summed E-state index contributed by atoms with van der Waals surface area (Å²) < 4.78 is 10.7. The highest BCUT2D eigenvalue weighted by Gasteiger charge is 2.24. The Balaban J connectivity index is 1.46. The van der Waals surface area contributed by atoms with E-state index in [9.17, 15) is 10.1 Å². The maximum Gasteiger partial charge on any atom is 0.231 e. The fourth-order valence-corrected chi connectivity index (χ4v) is 5.61. The molecular weight excluding hydrogens is 416 g/mol. The minimum absolute atomic E-state index is 0.0283. The normalized spacial score (nSPS) is 14.2. The van der Waals surface area contributed by atoms with Gasteiger partial charge in [0.2, 0.25) is 6.79 Å². The van der Waals surface area contributed by atoms with Gasteiger partial charge in [-0.1, -0.05) is 17.8 Å². The van der Waals surface area contributed by atoms with Crippen LogP contribution in [-0.2, 0) is 12.8 Å². The van der Waals surface area contributed by atoms with Gasteiger partial charge in [0, 0.05) is 21.7 Å². The van der Waals surface area contributed by atoms with Crippen molar-refractivity contribution < 1.29 is 14.3 Å². The van der Waals surface area contributed by atoms with Gasteiger partial charge in [0.05, 0.1) is 11.3 Å². The van der Waals surface area contributed by atoms with E-state index < -0.39 is 0 Å². The topological polar surface area (TPSA) is 72.2 Å². The van der Waals surface area contributed by atoms with E-state index in [0.29, 0.717) is 27.7 Å². The summed E-state index contributed by atoms with van der Waals surface area (Å²) in [4.78, 5) is 18.7. The van der Waals surface area contributed by atoms with Crippen LogP contribution in [0.3, 0.4) is 0 Å². The number of hydrogen-bond acceptors (Lipinski definition) is 7. The van der Waals surface area contributed by atoms with Crippen LogP contribution in [0, 0.1) is 11.3 Å². The predicted octanol–water partition coefficient (Wildman–Crippen LogP) is 5.26. The summed E-state index contributed by atoms with van der Waals surface area (Å²) in [7, 11) is 0. The summed E-state index contributed by atoms with van der Waals surface area (Å²) in [5.41, 5.74) is 4.44. The molecule has 1 aliphatic carbocycles. The minimum atomic E-state index is -0.0283. The van der Waals surface area contributed by atoms with Crippen molar-refractivity contribution in [2.45, 2.75) is 30.7 Å². The molecule has 1 aliphatic heterocycles. The van der Waals surface area contributed by atoms with E-state index in [2.05, 4.69) is 12.1 Å². The summed E-state index contributed by atoms with van der Waals surface area (Å²) in [5, 5.41) is 12.7. The third kappa shape index (κ3) is 3.47. The van der Waals surface area contributed by atoms with Gasteiger partial charge in [-0.25, -0.2) is 4.98 Å². The highest BCUT2D eigenvalue weighted by atomic mass is 32.2. The number of nitrogens with zero attached hydrogens (tertiary/aromatic N) is 2. The first-order valence-corrected chi connectivity index (χ1v) is 11.7. The number of fused-ring (bicyclic) bond motifs is 2. The van der Waals surface area contributed by atoms with Crippen molar-refractivity contribution in [1.82, 2.24) is 4.98 Å². The molecular formula is C23H18N2O3S2. The van der Waals surface area contributed by atoms with Crippen LogP contribution < -0.4 is 9.47 Å². The van der Waals surface area contributed by atoms with Crippen molar-refractivity contribution in [1.29, 1.82) is 5.26 Å². The fraction of sp³-hybridized carbons (Fsp3) is 0.261. The molecule has 0 saturated heterocycles. The fourth-order valence-electron chi connectivity index (χ4n) is 3.91. The third-order valence-corrected chi connectivity index (χ3v) is 7.22. The van der Waals surface area contributed by atoms with Gasteiger partial charge in [-0.3, -0.25) is 4.79 Å². The van der Waals surface area contributed by atoms with Crippen LogP contribution in [0.4, 0.5) is 0 Å². The van der Waals surface area contributed by atoms with E-state index >= 15 is 0 Å². The van der Waals surface area contributed by atoms with Crippen LogP contribution >= 0.6 is 23.1 Å². The van der Waals surface area contributed by atoms with E-state index in [1.165, 1.54) is 17.3 Å². The van der Waals surface area contributed by atoms with E-state index in [-0.39, 0.29) is 18.3 Å². The summed E-state index contributed by atoms with van der Waals surface area (Å²) in [6, 6.07) is 11.7. The summed E-state index contributed by atoms with van der Waals surface area (Å²) in [5.74, 6) is 1.43. The van der Waals surface area contributed by atoms with Crippen LogP contribution in [0.5, 0.6) is 11.5 Å². The number of ether oxygens (including phenoxy) is 2. The molecule has 0 radical (unpaired) electrons. The van der Waals surface area contributed by atoms with Gasteiger partial charge < -0.3 is 9.47 Å². The standard InChI is InChI=1S/C23H18N2O3S2/c24-11-16-22(21-6-3-9-29-21)15-4-1-2-5-17(15)25-23(16)30-12-18(26)14-7-8-19-20(10-14)28-13-27-19/h3,6-10H,1-2,4-5,12-13H2. The zero-order chi connectivity index (χ0) is 20.5. The second kappa shape index (κ2) is 8.13. The number of aryl methyl sites for hydroxylation is 1. The zero-order valence-corrected chi connectivity index (χ0v) is 17.8. The number of pyridine rings is 1. The number of hydrogen-bond donors (Lipinski definition) is 0. The molecule has 7 heteroatoms. The molecule has 0 spiro atoms. The third-order valence-electron chi connectivity index (χ3n) is 5.35. The molecule has 0 N–H and O–H groups in total. The van der Waals surface area contributed by atoms with Crippen molar-refractivity contribution in [3.8, 4) is 28.0 Å². The average Bonchev–Trinajstić information content (AvgIpc) is 3.47. The smallest absolute Gasteiger partial charge is 0.231 e. The Hall–Kier alpha value is -2.82. The molecule has 5 rings (SSSR count). The van der Waals surface area contributed by atoms with Gasteiger partial charge in [-0.2, -0.15) is 5.26 Å². The number of rotatable bonds is 5. The molecule has 0 bridgehead atoms. The van der Waals surface area contributed by atoms with Crippen LogP contribution in [0.25, 0.3) is 10.4 Å². The number of carbonyl (C=O) groups is 1. The first kappa shape index (κ1) is 19.2. The quantitative estimate of drug-likeness (QED) is 0.403. The van der Waals surface area contributed by atoms with E-state index in [0.717, 1.165) is 41.8 Å². The SMILES string of the molecule is N#Cc1c(SCC(=O)c2ccc3c(c2)OCO3)nc2c(c1-c1cccs1)CCCC2. The number of Topliss-reactive ketones (excluding diaryl/α,β-unsaturated/α-hetero) is 1. The van der Waals surface area contributed by atoms with E-state index in [4.69, 9.17) is 14.5 Å². The van der Waals surface area contributed by atoms with Crippen molar-refractivity contribution in [3.05, 3.63) is 58.1 Å². The molecule has 0 atom stereocenters. The highest BCUT2D eigenvalue weighted by molar-refractivity contribution is 8.00. The number of carbonyl (C=O) groups excluding carboxylic acids is 1. The van der Waals surface area contributed by atoms with Crippen molar-refractivity contribution >= 4 is 28.9 Å². The summed E-state index contributed by atoms with van der Waals surface area (Å²) in [6.07, 6.45) is 4.09. The van der Waals surface area contributed by atoms with Gasteiger partial charge in [-0.15, -0.1) is 11.3 Å². The van der Waals surface area contributed by atoms with Gasteiger partial charge >= 0.3 is 0 Å². The lowest BCUT2D eigenvalue weighted by Crippen LogP contribution is -2.11. The number of thioether (sulfide) groups is 1. The lowest BCUT2D eigenvalue weighted by atomic mass is 9.89. The maximum absolute atomic E-state index is 12.8. The molecule has 1 aromatic carbocycles. The average molecular weight is 435 g/mol. The Morgan fingerprint density at radius 2 is 2.07 bits per heavy atom. The molecule has 2 aliphatic rings. The van der Waals surface area contributed by atoms with Crippen molar-refractivity contribution in [2.75, 3.05) is 12.5 Å². The molecule has 30 heavy (non-hydrogen) atoms. The predicted molar refractivity (Wildman–Crippen MR) is 117 cm³/mol. The first-order chi connectivity index (χ1) is 14.7. The van der Waals surface area contributed by atoms with Crippen molar-refractivity contribution in [3.63, 3.8) is 0 Å². The molecule has 0 unspecified atom stereocenters. The Bertz CT molecular complexity index is 1170. The molecule has 0 saturated carbocycles. The van der Waals surface area contributed by atoms with Crippen LogP contribution in [0.1, 0.15) is 40.0 Å². The molecule has 3 aromatic rings. The van der Waals surface area contributed by atoms with Crippen LogP contribution in [-0.4, -0.2) is 23.3 Å². The zero-order valence-electron chi connectivity index (χ0n) is 16.1. The van der Waals surface area contributed by atoms with Crippen LogP contribution in [0.2, 0.25) is 0 Å². The molecule has 3 heterocycles. The second-order valence-corrected chi connectivity index (χ2v) is 9.08. The highest BCUT2D eigenvalue weighted by Crippen LogP contribution is 2.40. The molecule has 0 fully saturated rings. The largest absolute Gasteiger partial charge is 0.454 e.